The number of nitrogens with zero attached hydrogens (tertiary/aromatic N) is 3. The molecule has 3 heterocycles. The number of fused-ring (bicyclic) bond motifs is 2. The average molecular weight is 367 g/mol. The quantitative estimate of drug-likeness (QED) is 0.685. The second-order valence-electron chi connectivity index (χ2n) is 6.73. The summed E-state index contributed by atoms with van der Waals surface area (Å²) in [7, 11) is 0. The van der Waals surface area contributed by atoms with Gasteiger partial charge in [0.25, 0.3) is 0 Å². The molecule has 7 heteroatoms. The lowest BCUT2D eigenvalue weighted by Gasteiger charge is -2.22. The van der Waals surface area contributed by atoms with Crippen LogP contribution in [0, 0.1) is 5.82 Å². The lowest BCUT2D eigenvalue weighted by molar-refractivity contribution is 0.269. The van der Waals surface area contributed by atoms with Crippen molar-refractivity contribution < 1.29 is 9.13 Å². The molecule has 0 spiro atoms. The number of nitrogens with one attached hydrogen (secondary N) is 2. The van der Waals surface area contributed by atoms with Gasteiger partial charge in [0.2, 0.25) is 0 Å². The summed E-state index contributed by atoms with van der Waals surface area (Å²) in [6, 6.07) is 6.30. The van der Waals surface area contributed by atoms with Gasteiger partial charge in [0, 0.05) is 17.5 Å². The van der Waals surface area contributed by atoms with Crippen LogP contribution in [0.5, 0.6) is 5.75 Å². The fourth-order valence-corrected chi connectivity index (χ4v) is 3.23. The maximum absolute atomic E-state index is 13.9. The molecule has 2 aromatic heterocycles. The first-order valence-corrected chi connectivity index (χ1v) is 9.04. The van der Waals surface area contributed by atoms with Crippen LogP contribution in [-0.2, 0) is 0 Å². The van der Waals surface area contributed by atoms with E-state index in [2.05, 4.69) is 34.2 Å². The van der Waals surface area contributed by atoms with Crippen molar-refractivity contribution in [1.29, 1.82) is 0 Å². The standard InChI is InChI=1S/C20H22FN5O/c1-4-15-11-27-18-6-5-14(21)9-16(18)12(2)24-19-7-8-26-20(25-19)17(10-22-26)13(3)23-15/h5-10,12,15,23H,3-4,11H2,1-2H3,(H,24,25)/t12-,15+/m1/s1. The van der Waals surface area contributed by atoms with Crippen molar-refractivity contribution in [3.63, 3.8) is 0 Å². The maximum atomic E-state index is 13.9. The Balaban J connectivity index is 1.82. The third-order valence-corrected chi connectivity index (χ3v) is 4.81. The Bertz CT molecular complexity index is 999. The van der Waals surface area contributed by atoms with E-state index in [1.54, 1.807) is 16.8 Å². The van der Waals surface area contributed by atoms with Crippen LogP contribution in [0.1, 0.15) is 37.4 Å². The highest BCUT2D eigenvalue weighted by molar-refractivity contribution is 5.74. The van der Waals surface area contributed by atoms with E-state index < -0.39 is 0 Å². The molecule has 2 N–H and O–H groups in total. The van der Waals surface area contributed by atoms with Gasteiger partial charge >= 0.3 is 0 Å². The zero-order valence-electron chi connectivity index (χ0n) is 15.4. The van der Waals surface area contributed by atoms with Gasteiger partial charge in [-0.1, -0.05) is 13.5 Å². The van der Waals surface area contributed by atoms with E-state index in [-0.39, 0.29) is 17.9 Å². The number of hydrogen-bond acceptors (Lipinski definition) is 5. The molecule has 1 aliphatic heterocycles. The van der Waals surface area contributed by atoms with Gasteiger partial charge in [-0.05, 0) is 37.6 Å². The summed E-state index contributed by atoms with van der Waals surface area (Å²) in [5, 5.41) is 11.1. The minimum absolute atomic E-state index is 0.0533. The van der Waals surface area contributed by atoms with Crippen molar-refractivity contribution >= 4 is 17.2 Å². The smallest absolute Gasteiger partial charge is 0.166 e. The molecule has 6 nitrogen and oxygen atoms in total. The van der Waals surface area contributed by atoms with Gasteiger partial charge < -0.3 is 15.4 Å². The summed E-state index contributed by atoms with van der Waals surface area (Å²) < 4.78 is 21.6. The van der Waals surface area contributed by atoms with E-state index in [1.807, 2.05) is 19.2 Å². The number of aromatic nitrogens is 3. The fraction of sp³-hybridized carbons (Fsp3) is 0.300. The normalized spacial score (nSPS) is 19.9. The lowest BCUT2D eigenvalue weighted by atomic mass is 10.1. The Kier molecular flexibility index (Phi) is 4.43. The molecule has 0 saturated heterocycles. The summed E-state index contributed by atoms with van der Waals surface area (Å²) in [5.74, 6) is 1.03. The average Bonchev–Trinajstić information content (AvgIpc) is 3.08. The molecular formula is C20H22FN5O. The molecule has 0 amide bonds. The van der Waals surface area contributed by atoms with E-state index in [4.69, 9.17) is 4.74 Å². The van der Waals surface area contributed by atoms with Gasteiger partial charge in [-0.2, -0.15) is 5.10 Å². The number of hydrogen-bond donors (Lipinski definition) is 2. The second-order valence-corrected chi connectivity index (χ2v) is 6.73. The minimum atomic E-state index is -0.296. The van der Waals surface area contributed by atoms with Gasteiger partial charge in [0.15, 0.2) is 5.65 Å². The zero-order valence-corrected chi connectivity index (χ0v) is 15.4. The number of rotatable bonds is 1. The molecule has 0 unspecified atom stereocenters. The van der Waals surface area contributed by atoms with E-state index in [1.165, 1.54) is 12.1 Å². The van der Waals surface area contributed by atoms with Gasteiger partial charge in [0.05, 0.1) is 23.8 Å². The molecule has 27 heavy (non-hydrogen) atoms. The molecule has 0 saturated carbocycles. The van der Waals surface area contributed by atoms with Crippen LogP contribution in [0.4, 0.5) is 10.2 Å². The number of benzene rings is 1. The first-order valence-electron chi connectivity index (χ1n) is 9.04. The van der Waals surface area contributed by atoms with E-state index in [0.717, 1.165) is 23.2 Å². The third kappa shape index (κ3) is 3.32. The molecule has 4 rings (SSSR count). The van der Waals surface area contributed by atoms with Crippen LogP contribution in [0.15, 0.2) is 43.2 Å². The Hall–Kier alpha value is -3.09. The molecule has 0 radical (unpaired) electrons. The van der Waals surface area contributed by atoms with E-state index >= 15 is 0 Å². The zero-order chi connectivity index (χ0) is 19.0. The van der Waals surface area contributed by atoms with Gasteiger partial charge in [-0.15, -0.1) is 0 Å². The summed E-state index contributed by atoms with van der Waals surface area (Å²) in [4.78, 5) is 4.68. The number of halogens is 1. The topological polar surface area (TPSA) is 63.5 Å². The van der Waals surface area contributed by atoms with Crippen LogP contribution < -0.4 is 15.4 Å². The SMILES string of the molecule is C=C1N[C@@H](CC)COc2ccc(F)cc2[C@@H](C)Nc2ccn3ncc1c3n2. The third-order valence-electron chi connectivity index (χ3n) is 4.81. The molecule has 2 atom stereocenters. The summed E-state index contributed by atoms with van der Waals surface area (Å²) in [5.41, 5.74) is 3.04. The number of anilines is 1. The van der Waals surface area contributed by atoms with Crippen LogP contribution in [0.25, 0.3) is 11.3 Å². The highest BCUT2D eigenvalue weighted by Crippen LogP contribution is 2.29. The molecule has 0 aliphatic carbocycles. The van der Waals surface area contributed by atoms with Crippen molar-refractivity contribution in [2.75, 3.05) is 11.9 Å². The summed E-state index contributed by atoms with van der Waals surface area (Å²) >= 11 is 0. The van der Waals surface area contributed by atoms with E-state index in [0.29, 0.717) is 23.8 Å². The van der Waals surface area contributed by atoms with E-state index in [9.17, 15) is 4.39 Å². The molecular weight excluding hydrogens is 345 g/mol. The highest BCUT2D eigenvalue weighted by Gasteiger charge is 2.19. The van der Waals surface area contributed by atoms with Gasteiger partial charge in [-0.3, -0.25) is 0 Å². The minimum Gasteiger partial charge on any atom is -0.491 e. The summed E-state index contributed by atoms with van der Waals surface area (Å²) in [6.07, 6.45) is 4.44. The molecule has 2 bridgehead atoms. The first-order chi connectivity index (χ1) is 13.0. The molecule has 3 aromatic rings. The van der Waals surface area contributed by atoms with Crippen LogP contribution in [0.2, 0.25) is 0 Å². The van der Waals surface area contributed by atoms with Crippen molar-refractivity contribution in [2.24, 2.45) is 0 Å². The lowest BCUT2D eigenvalue weighted by Crippen LogP contribution is -2.32. The van der Waals surface area contributed by atoms with Crippen molar-refractivity contribution in [3.05, 3.63) is 60.2 Å². The molecule has 140 valence electrons. The highest BCUT2D eigenvalue weighted by atomic mass is 19.1. The maximum Gasteiger partial charge on any atom is 0.166 e. The Labute approximate surface area is 157 Å². The number of ether oxygens (including phenoxy) is 1. The summed E-state index contributed by atoms with van der Waals surface area (Å²) in [6.45, 7) is 8.63. The Morgan fingerprint density at radius 1 is 1.33 bits per heavy atom. The van der Waals surface area contributed by atoms with Crippen molar-refractivity contribution in [3.8, 4) is 5.75 Å². The van der Waals surface area contributed by atoms with Crippen LogP contribution in [-0.4, -0.2) is 27.2 Å². The monoisotopic (exact) mass is 367 g/mol. The fourth-order valence-electron chi connectivity index (χ4n) is 3.23. The molecule has 1 aliphatic rings. The van der Waals surface area contributed by atoms with Gasteiger partial charge in [0.1, 0.15) is 24.0 Å². The predicted octanol–water partition coefficient (Wildman–Crippen LogP) is 3.77. The first kappa shape index (κ1) is 17.3. The van der Waals surface area contributed by atoms with Gasteiger partial charge in [-0.25, -0.2) is 13.9 Å². The second kappa shape index (κ2) is 6.90. The predicted molar refractivity (Wildman–Crippen MR) is 103 cm³/mol. The Morgan fingerprint density at radius 3 is 3.00 bits per heavy atom. The largest absolute Gasteiger partial charge is 0.491 e. The van der Waals surface area contributed by atoms with Crippen LogP contribution >= 0.6 is 0 Å². The Morgan fingerprint density at radius 2 is 2.19 bits per heavy atom. The van der Waals surface area contributed by atoms with Crippen molar-refractivity contribution in [2.45, 2.75) is 32.4 Å². The van der Waals surface area contributed by atoms with Crippen LogP contribution in [0.3, 0.4) is 0 Å². The molecule has 1 aromatic carbocycles. The molecule has 0 fully saturated rings. The van der Waals surface area contributed by atoms with Crippen molar-refractivity contribution in [1.82, 2.24) is 19.9 Å².